The van der Waals surface area contributed by atoms with Gasteiger partial charge in [0.05, 0.1) is 6.61 Å². The Bertz CT molecular complexity index is 1030. The fraction of sp³-hybridized carbons (Fsp3) is 0.389. The van der Waals surface area contributed by atoms with Crippen LogP contribution in [0.4, 0.5) is 17.6 Å². The predicted molar refractivity (Wildman–Crippen MR) is 108 cm³/mol. The third kappa shape index (κ3) is 5.61. The van der Waals surface area contributed by atoms with Crippen LogP contribution in [0.1, 0.15) is 32.8 Å². The number of ketones is 1. The van der Waals surface area contributed by atoms with E-state index in [4.69, 9.17) is 4.74 Å². The molecule has 12 heteroatoms. The average molecular weight is 486 g/mol. The molecular weight excluding hydrogens is 466 g/mol. The highest BCUT2D eigenvalue weighted by Crippen LogP contribution is 2.40. The van der Waals surface area contributed by atoms with E-state index in [1.807, 2.05) is 0 Å². The van der Waals surface area contributed by atoms with Gasteiger partial charge in [0.15, 0.2) is 5.78 Å². The zero-order valence-electron chi connectivity index (χ0n) is 15.7. The lowest BCUT2D eigenvalue weighted by Gasteiger charge is -2.09. The molecule has 0 aliphatic carbocycles. The van der Waals surface area contributed by atoms with E-state index in [-0.39, 0.29) is 37.0 Å². The van der Waals surface area contributed by atoms with Crippen molar-refractivity contribution in [2.75, 3.05) is 13.2 Å². The molecule has 3 rings (SSSR count). The topological polar surface area (TPSA) is 72.5 Å². The molecule has 1 fully saturated rings. The normalized spacial score (nSPS) is 17.0. The molecule has 166 valence electrons. The summed E-state index contributed by atoms with van der Waals surface area (Å²) in [6.07, 6.45) is -4.89. The van der Waals surface area contributed by atoms with Gasteiger partial charge >= 0.3 is 6.18 Å². The Morgan fingerprint density at radius 3 is 2.57 bits per heavy atom. The minimum Gasteiger partial charge on any atom is -0.380 e. The molecule has 1 atom stereocenters. The number of carbonyl (C=O) groups is 1. The third-order valence-electron chi connectivity index (χ3n) is 4.37. The molecule has 2 heterocycles. The molecule has 0 radical (unpaired) electrons. The van der Waals surface area contributed by atoms with Gasteiger partial charge in [0.25, 0.3) is 0 Å². The van der Waals surface area contributed by atoms with Gasteiger partial charge in [-0.3, -0.25) is 4.79 Å². The van der Waals surface area contributed by atoms with Gasteiger partial charge in [-0.05, 0) is 36.6 Å². The summed E-state index contributed by atoms with van der Waals surface area (Å²) < 4.78 is 85.4. The van der Waals surface area contributed by atoms with Gasteiger partial charge in [-0.15, -0.1) is 11.3 Å². The number of nitrogens with one attached hydrogen (secondary N) is 1. The minimum absolute atomic E-state index is 0. The van der Waals surface area contributed by atoms with Gasteiger partial charge < -0.3 is 4.74 Å². The van der Waals surface area contributed by atoms with Crippen molar-refractivity contribution in [2.45, 2.75) is 36.2 Å². The summed E-state index contributed by atoms with van der Waals surface area (Å²) in [4.78, 5) is 11.3. The number of Topliss-reactive ketones (excluding diaryl/α,β-unsaturated/α-hetero) is 1. The molecule has 0 bridgehead atoms. The number of alkyl halides is 3. The van der Waals surface area contributed by atoms with Gasteiger partial charge in [0.1, 0.15) is 14.9 Å². The van der Waals surface area contributed by atoms with E-state index in [0.29, 0.717) is 18.6 Å². The summed E-state index contributed by atoms with van der Waals surface area (Å²) in [5.74, 6) is -1.40. The number of hydrogen-bond donors (Lipinski definition) is 1. The largest absolute Gasteiger partial charge is 0.426 e. The van der Waals surface area contributed by atoms with E-state index in [0.717, 1.165) is 12.1 Å². The Kier molecular flexibility index (Phi) is 7.73. The quantitative estimate of drug-likeness (QED) is 0.499. The number of rotatable bonds is 6. The number of carbonyl (C=O) groups excluding carboxylic acids is 1. The van der Waals surface area contributed by atoms with Gasteiger partial charge in [0.2, 0.25) is 10.0 Å². The van der Waals surface area contributed by atoms with Crippen LogP contribution in [0, 0.1) is 12.7 Å². The Hall–Kier alpha value is -1.47. The minimum atomic E-state index is -4.89. The van der Waals surface area contributed by atoms with Crippen LogP contribution in [0.3, 0.4) is 0 Å². The maximum Gasteiger partial charge on any atom is 0.426 e. The van der Waals surface area contributed by atoms with Crippen molar-refractivity contribution in [1.82, 2.24) is 4.72 Å². The second-order valence-corrected chi connectivity index (χ2v) is 9.66. The highest BCUT2D eigenvalue weighted by molar-refractivity contribution is 7.91. The van der Waals surface area contributed by atoms with Crippen molar-refractivity contribution in [2.24, 2.45) is 0 Å². The van der Waals surface area contributed by atoms with Gasteiger partial charge in [-0.25, -0.2) is 17.5 Å². The summed E-state index contributed by atoms with van der Waals surface area (Å²) >= 11 is 0.00413. The average Bonchev–Trinajstić information content (AvgIpc) is 3.27. The number of hydrogen-bond acceptors (Lipinski definition) is 5. The monoisotopic (exact) mass is 485 g/mol. The fourth-order valence-electron chi connectivity index (χ4n) is 2.92. The van der Waals surface area contributed by atoms with Crippen molar-refractivity contribution in [3.05, 3.63) is 51.7 Å². The lowest BCUT2D eigenvalue weighted by Crippen LogP contribution is -2.34. The first-order valence-electron chi connectivity index (χ1n) is 8.56. The Labute approximate surface area is 181 Å². The molecule has 0 spiro atoms. The van der Waals surface area contributed by atoms with E-state index in [1.165, 1.54) is 19.1 Å². The number of aryl methyl sites for hydroxylation is 1. The third-order valence-corrected chi connectivity index (χ3v) is 7.54. The summed E-state index contributed by atoms with van der Waals surface area (Å²) in [6.45, 7) is 1.96. The Morgan fingerprint density at radius 2 is 2.00 bits per heavy atom. The van der Waals surface area contributed by atoms with Crippen LogP contribution in [0.15, 0.2) is 28.5 Å². The highest BCUT2D eigenvalue weighted by atomic mass is 32.2. The van der Waals surface area contributed by atoms with E-state index < -0.39 is 54.9 Å². The highest BCUT2D eigenvalue weighted by Gasteiger charge is 2.40. The van der Waals surface area contributed by atoms with E-state index in [9.17, 15) is 30.8 Å². The van der Waals surface area contributed by atoms with Crippen LogP contribution in [-0.2, 0) is 27.4 Å². The van der Waals surface area contributed by atoms with Crippen molar-refractivity contribution in [3.63, 3.8) is 0 Å². The van der Waals surface area contributed by atoms with Crippen LogP contribution in [-0.4, -0.2) is 33.5 Å². The first-order valence-corrected chi connectivity index (χ1v) is 10.9. The second-order valence-electron chi connectivity index (χ2n) is 6.67. The molecule has 1 aromatic carbocycles. The van der Waals surface area contributed by atoms with Gasteiger partial charge in [-0.1, -0.05) is 12.1 Å². The van der Waals surface area contributed by atoms with Crippen molar-refractivity contribution >= 4 is 40.6 Å². The smallest absolute Gasteiger partial charge is 0.380 e. The van der Waals surface area contributed by atoms with Gasteiger partial charge in [0, 0.05) is 24.6 Å². The lowest BCUT2D eigenvalue weighted by atomic mass is 10.0. The van der Waals surface area contributed by atoms with Crippen molar-refractivity contribution in [1.29, 1.82) is 0 Å². The van der Waals surface area contributed by atoms with Crippen LogP contribution >= 0.6 is 24.8 Å². The molecule has 1 aliphatic rings. The van der Waals surface area contributed by atoms with E-state index in [1.54, 1.807) is 0 Å². The SMILES string of the molecule is Cc1cc(CC(=O)c2cc(S(=O)(=O)N[C@H]3CCOC3)sc2C(F)(F)F)ccc1F.S. The molecule has 1 aliphatic heterocycles. The molecule has 5 nitrogen and oxygen atoms in total. The number of halogens is 4. The summed E-state index contributed by atoms with van der Waals surface area (Å²) in [5, 5.41) is 0. The summed E-state index contributed by atoms with van der Waals surface area (Å²) in [7, 11) is -4.24. The lowest BCUT2D eigenvalue weighted by molar-refractivity contribution is -0.134. The summed E-state index contributed by atoms with van der Waals surface area (Å²) in [5.41, 5.74) is -0.130. The predicted octanol–water partition coefficient (Wildman–Crippen LogP) is 3.82. The Balaban J connectivity index is 0.00000320. The molecule has 30 heavy (non-hydrogen) atoms. The first kappa shape index (κ1) is 24.8. The van der Waals surface area contributed by atoms with Crippen LogP contribution in [0.25, 0.3) is 0 Å². The van der Waals surface area contributed by atoms with Crippen LogP contribution in [0.2, 0.25) is 0 Å². The number of benzene rings is 1. The number of thiophene rings is 1. The van der Waals surface area contributed by atoms with E-state index in [2.05, 4.69) is 4.72 Å². The number of sulfonamides is 1. The maximum atomic E-state index is 13.4. The molecule has 0 amide bonds. The molecule has 2 aromatic rings. The summed E-state index contributed by atoms with van der Waals surface area (Å²) in [6, 6.07) is 4.02. The molecule has 0 unspecified atom stereocenters. The zero-order valence-corrected chi connectivity index (χ0v) is 18.3. The standard InChI is InChI=1S/C18H17F4NO4S2.H2S/c1-10-6-11(2-3-14(10)19)7-15(24)13-8-16(28-17(13)18(20,21)22)29(25,26)23-12-4-5-27-9-12;/h2-3,6,8,12,23H,4-5,7,9H2,1H3;1H2/t12-;/m0./s1. The maximum absolute atomic E-state index is 13.4. The van der Waals surface area contributed by atoms with Crippen LogP contribution in [0.5, 0.6) is 0 Å². The molecule has 1 N–H and O–H groups in total. The van der Waals surface area contributed by atoms with E-state index >= 15 is 0 Å². The van der Waals surface area contributed by atoms with Crippen molar-refractivity contribution < 1.29 is 35.5 Å². The molecule has 0 saturated carbocycles. The fourth-order valence-corrected chi connectivity index (χ4v) is 5.54. The molecule has 1 aromatic heterocycles. The number of ether oxygens (including phenoxy) is 1. The van der Waals surface area contributed by atoms with Crippen LogP contribution < -0.4 is 4.72 Å². The molecule has 1 saturated heterocycles. The zero-order chi connectivity index (χ0) is 21.4. The second kappa shape index (κ2) is 9.35. The van der Waals surface area contributed by atoms with Crippen molar-refractivity contribution in [3.8, 4) is 0 Å². The van der Waals surface area contributed by atoms with Gasteiger partial charge in [-0.2, -0.15) is 26.7 Å². The molecular formula is C18H19F4NO4S3. The Morgan fingerprint density at radius 1 is 1.30 bits per heavy atom. The first-order chi connectivity index (χ1) is 13.5.